The molecule has 6 heteroatoms. The molecule has 134 valence electrons. The SMILES string of the molecule is Fc1cc(OCC2CCC([C@H]3CC[Si@H](Cl)CC3)CC2)cc(F)c1F. The molecule has 24 heavy (non-hydrogen) atoms. The maximum atomic E-state index is 13.2. The topological polar surface area (TPSA) is 9.23 Å². The molecular weight excluding hydrogens is 353 g/mol. The Kier molecular flexibility index (Phi) is 6.14. The lowest BCUT2D eigenvalue weighted by molar-refractivity contribution is 0.147. The maximum absolute atomic E-state index is 13.2. The Morgan fingerprint density at radius 1 is 0.917 bits per heavy atom. The smallest absolute Gasteiger partial charge is 0.194 e. The monoisotopic (exact) mass is 376 g/mol. The van der Waals surface area contributed by atoms with E-state index in [0.29, 0.717) is 12.5 Å². The van der Waals surface area contributed by atoms with E-state index in [2.05, 4.69) is 0 Å². The van der Waals surface area contributed by atoms with Crippen molar-refractivity contribution in [2.75, 3.05) is 6.61 Å². The molecule has 3 rings (SSSR count). The van der Waals surface area contributed by atoms with Crippen LogP contribution in [0, 0.1) is 35.2 Å². The van der Waals surface area contributed by atoms with Crippen molar-refractivity contribution >= 4 is 19.2 Å². The molecule has 1 heterocycles. The van der Waals surface area contributed by atoms with Gasteiger partial charge >= 0.3 is 0 Å². The molecule has 0 spiro atoms. The molecule has 1 aromatic rings. The Morgan fingerprint density at radius 3 is 2.04 bits per heavy atom. The molecule has 0 radical (unpaired) electrons. The average Bonchev–Trinajstić information content (AvgIpc) is 2.59. The fourth-order valence-electron chi connectivity index (χ4n) is 4.21. The highest BCUT2D eigenvalue weighted by atomic mass is 35.6. The van der Waals surface area contributed by atoms with Crippen LogP contribution < -0.4 is 4.74 Å². The summed E-state index contributed by atoms with van der Waals surface area (Å²) in [6.07, 6.45) is 7.21. The molecule has 0 aromatic heterocycles. The van der Waals surface area contributed by atoms with Gasteiger partial charge in [-0.25, -0.2) is 13.2 Å². The molecule has 1 aliphatic heterocycles. The Balaban J connectivity index is 1.44. The zero-order chi connectivity index (χ0) is 17.1. The Morgan fingerprint density at radius 2 is 1.46 bits per heavy atom. The van der Waals surface area contributed by atoms with Crippen molar-refractivity contribution in [3.05, 3.63) is 29.6 Å². The van der Waals surface area contributed by atoms with Crippen LogP contribution in [-0.2, 0) is 0 Å². The van der Waals surface area contributed by atoms with Crippen LogP contribution in [0.4, 0.5) is 13.2 Å². The quantitative estimate of drug-likeness (QED) is 0.374. The lowest BCUT2D eigenvalue weighted by atomic mass is 9.74. The van der Waals surface area contributed by atoms with Gasteiger partial charge in [-0.05, 0) is 55.5 Å². The van der Waals surface area contributed by atoms with E-state index in [9.17, 15) is 13.2 Å². The highest BCUT2D eigenvalue weighted by Crippen LogP contribution is 2.40. The van der Waals surface area contributed by atoms with Crippen LogP contribution >= 0.6 is 11.1 Å². The molecule has 0 atom stereocenters. The number of rotatable bonds is 4. The zero-order valence-electron chi connectivity index (χ0n) is 13.7. The van der Waals surface area contributed by atoms with Crippen molar-refractivity contribution < 1.29 is 17.9 Å². The van der Waals surface area contributed by atoms with E-state index >= 15 is 0 Å². The lowest BCUT2D eigenvalue weighted by Gasteiger charge is -2.36. The predicted octanol–water partition coefficient (Wildman–Crippen LogP) is 5.66. The van der Waals surface area contributed by atoms with Gasteiger partial charge in [0, 0.05) is 12.1 Å². The largest absolute Gasteiger partial charge is 0.493 e. The van der Waals surface area contributed by atoms with Crippen LogP contribution in [-0.4, -0.2) is 14.7 Å². The predicted molar refractivity (Wildman–Crippen MR) is 92.6 cm³/mol. The van der Waals surface area contributed by atoms with E-state index in [-0.39, 0.29) is 5.75 Å². The molecule has 1 aromatic carbocycles. The number of benzene rings is 1. The molecule has 1 saturated heterocycles. The summed E-state index contributed by atoms with van der Waals surface area (Å²) in [6.45, 7) is 0.443. The maximum Gasteiger partial charge on any atom is 0.194 e. The second-order valence-electron chi connectivity index (χ2n) is 7.30. The van der Waals surface area contributed by atoms with E-state index in [1.54, 1.807) is 0 Å². The van der Waals surface area contributed by atoms with Crippen LogP contribution in [0.2, 0.25) is 12.1 Å². The van der Waals surface area contributed by atoms with Crippen LogP contribution in [0.15, 0.2) is 12.1 Å². The van der Waals surface area contributed by atoms with Gasteiger partial charge in [-0.3, -0.25) is 0 Å². The van der Waals surface area contributed by atoms with Crippen LogP contribution in [0.1, 0.15) is 38.5 Å². The second-order valence-corrected chi connectivity index (χ2v) is 11.5. The molecular formula is C18H24ClF3OSi. The van der Waals surface area contributed by atoms with Crippen LogP contribution in [0.25, 0.3) is 0 Å². The van der Waals surface area contributed by atoms with Gasteiger partial charge in [0.2, 0.25) is 0 Å². The third kappa shape index (κ3) is 4.48. The summed E-state index contributed by atoms with van der Waals surface area (Å²) >= 11 is 6.32. The molecule has 0 amide bonds. The van der Waals surface area contributed by atoms with Crippen molar-refractivity contribution in [2.24, 2.45) is 17.8 Å². The fraction of sp³-hybridized carbons (Fsp3) is 0.667. The minimum absolute atomic E-state index is 0.0684. The molecule has 0 bridgehead atoms. The third-order valence-corrected chi connectivity index (χ3v) is 8.93. The summed E-state index contributed by atoms with van der Waals surface area (Å²) in [7, 11) is -0.894. The van der Waals surface area contributed by atoms with E-state index in [4.69, 9.17) is 15.8 Å². The minimum atomic E-state index is -1.45. The standard InChI is InChI=1S/C18H24ClF3OSi/c19-24-7-5-14(6-8-24)13-3-1-12(2-4-13)11-23-15-9-16(20)18(22)17(21)10-15/h9-10,12-14,24H,1-8,11H2/t12?,13?,14-,24-. The molecule has 2 fully saturated rings. The second kappa shape index (κ2) is 8.13. The van der Waals surface area contributed by atoms with Gasteiger partial charge in [0.15, 0.2) is 17.5 Å². The average molecular weight is 377 g/mol. The normalized spacial score (nSPS) is 31.0. The summed E-state index contributed by atoms with van der Waals surface area (Å²) in [5.41, 5.74) is 0. The summed E-state index contributed by atoms with van der Waals surface area (Å²) in [6, 6.07) is 4.38. The van der Waals surface area contributed by atoms with Crippen molar-refractivity contribution in [3.63, 3.8) is 0 Å². The minimum Gasteiger partial charge on any atom is -0.493 e. The fourth-order valence-corrected chi connectivity index (χ4v) is 6.83. The van der Waals surface area contributed by atoms with Crippen LogP contribution in [0.5, 0.6) is 5.75 Å². The van der Waals surface area contributed by atoms with Crippen molar-refractivity contribution in [1.82, 2.24) is 0 Å². The molecule has 1 saturated carbocycles. The van der Waals surface area contributed by atoms with E-state index < -0.39 is 25.6 Å². The number of hydrogen-bond donors (Lipinski definition) is 0. The molecule has 2 aliphatic rings. The van der Waals surface area contributed by atoms with Crippen LogP contribution in [0.3, 0.4) is 0 Å². The molecule has 0 unspecified atom stereocenters. The third-order valence-electron chi connectivity index (χ3n) is 5.70. The zero-order valence-corrected chi connectivity index (χ0v) is 15.7. The summed E-state index contributed by atoms with van der Waals surface area (Å²) in [4.78, 5) is 0. The van der Waals surface area contributed by atoms with E-state index in [1.807, 2.05) is 0 Å². The summed E-state index contributed by atoms with van der Waals surface area (Å²) in [5, 5.41) is 0. The van der Waals surface area contributed by atoms with Gasteiger partial charge < -0.3 is 4.74 Å². The lowest BCUT2D eigenvalue weighted by Crippen LogP contribution is -2.28. The first-order valence-electron chi connectivity index (χ1n) is 8.94. The Bertz CT molecular complexity index is 532. The van der Waals surface area contributed by atoms with Crippen molar-refractivity contribution in [2.45, 2.75) is 50.6 Å². The molecule has 1 nitrogen and oxygen atoms in total. The first kappa shape index (κ1) is 18.1. The highest BCUT2D eigenvalue weighted by molar-refractivity contribution is 7.07. The van der Waals surface area contributed by atoms with Gasteiger partial charge in [0.25, 0.3) is 0 Å². The molecule has 1 aliphatic carbocycles. The van der Waals surface area contributed by atoms with Crippen molar-refractivity contribution in [1.29, 1.82) is 0 Å². The first-order valence-corrected chi connectivity index (χ1v) is 12.3. The summed E-state index contributed by atoms with van der Waals surface area (Å²) in [5.74, 6) is -1.72. The van der Waals surface area contributed by atoms with Gasteiger partial charge in [-0.1, -0.05) is 12.8 Å². The van der Waals surface area contributed by atoms with Gasteiger partial charge in [-0.2, -0.15) is 11.1 Å². The van der Waals surface area contributed by atoms with E-state index in [0.717, 1.165) is 36.8 Å². The van der Waals surface area contributed by atoms with E-state index in [1.165, 1.54) is 37.8 Å². The van der Waals surface area contributed by atoms with Crippen molar-refractivity contribution in [3.8, 4) is 5.75 Å². The highest BCUT2D eigenvalue weighted by Gasteiger charge is 2.31. The number of halogens is 4. The van der Waals surface area contributed by atoms with Gasteiger partial charge in [0.05, 0.1) is 6.61 Å². The number of hydrogen-bond acceptors (Lipinski definition) is 1. The first-order chi connectivity index (χ1) is 11.5. The van der Waals surface area contributed by atoms with Gasteiger partial charge in [-0.15, -0.1) is 0 Å². The Labute approximate surface area is 147 Å². The summed E-state index contributed by atoms with van der Waals surface area (Å²) < 4.78 is 44.8. The van der Waals surface area contributed by atoms with Gasteiger partial charge in [0.1, 0.15) is 13.9 Å². The Hall–Kier alpha value is -0.683. The molecule has 0 N–H and O–H groups in total. The number of ether oxygens (including phenoxy) is 1.